The van der Waals surface area contributed by atoms with Gasteiger partial charge < -0.3 is 5.11 Å². The van der Waals surface area contributed by atoms with Gasteiger partial charge in [-0.1, -0.05) is 0 Å². The summed E-state index contributed by atoms with van der Waals surface area (Å²) < 4.78 is 2.13. The second kappa shape index (κ2) is 4.48. The third kappa shape index (κ3) is 1.73. The van der Waals surface area contributed by atoms with E-state index in [0.29, 0.717) is 5.57 Å². The lowest BCUT2D eigenvalue weighted by atomic mass is 10.0. The second-order valence-corrected chi connectivity index (χ2v) is 7.73. The maximum absolute atomic E-state index is 12.2. The summed E-state index contributed by atoms with van der Waals surface area (Å²) in [6.45, 7) is 0. The number of aryl methyl sites for hydroxylation is 2. The van der Waals surface area contributed by atoms with E-state index in [1.165, 1.54) is 39.1 Å². The number of rotatable bonds is 2. The van der Waals surface area contributed by atoms with Crippen LogP contribution in [0.15, 0.2) is 22.9 Å². The van der Waals surface area contributed by atoms with Gasteiger partial charge in [-0.3, -0.25) is 14.1 Å². The Morgan fingerprint density at radius 2 is 2.30 bits per heavy atom. The highest BCUT2D eigenvalue weighted by atomic mass is 32.2. The Hall–Kier alpha value is -2.06. The molecule has 2 aromatic rings. The highest BCUT2D eigenvalue weighted by Gasteiger charge is 2.49. The van der Waals surface area contributed by atoms with Gasteiger partial charge in [-0.05, 0) is 25.3 Å². The van der Waals surface area contributed by atoms with Crippen LogP contribution in [0.2, 0.25) is 0 Å². The molecule has 0 saturated carbocycles. The zero-order chi connectivity index (χ0) is 15.7. The Balaban J connectivity index is 1.48. The van der Waals surface area contributed by atoms with Crippen LogP contribution in [0.5, 0.6) is 0 Å². The standard InChI is InChI=1S/C15H11N3O3S2/c19-12-8(13-18(12)10(6-22-13)14(20)21)4-7-5-17-9-2-1-3-11(9)23-15(17)16-7/h4-6,13H,1-3H2,(H,20,21)/t13-/m1/s1. The van der Waals surface area contributed by atoms with Crippen molar-refractivity contribution in [2.75, 3.05) is 0 Å². The van der Waals surface area contributed by atoms with Crippen molar-refractivity contribution in [2.45, 2.75) is 24.6 Å². The van der Waals surface area contributed by atoms with Gasteiger partial charge in [-0.2, -0.15) is 0 Å². The second-order valence-electron chi connectivity index (χ2n) is 5.72. The molecule has 1 fully saturated rings. The first kappa shape index (κ1) is 13.4. The van der Waals surface area contributed by atoms with Crippen molar-refractivity contribution < 1.29 is 14.7 Å². The van der Waals surface area contributed by atoms with Crippen LogP contribution in [-0.2, 0) is 22.4 Å². The van der Waals surface area contributed by atoms with Crippen molar-refractivity contribution in [1.82, 2.24) is 14.3 Å². The van der Waals surface area contributed by atoms with E-state index < -0.39 is 5.97 Å². The smallest absolute Gasteiger partial charge is 0.353 e. The molecule has 0 spiro atoms. The fourth-order valence-electron chi connectivity index (χ4n) is 3.32. The molecule has 2 aliphatic heterocycles. The lowest BCUT2D eigenvalue weighted by molar-refractivity contribution is -0.141. The van der Waals surface area contributed by atoms with Crippen molar-refractivity contribution in [3.8, 4) is 0 Å². The number of amides is 1. The molecular weight excluding hydrogens is 334 g/mol. The number of carboxylic acid groups (broad SMARTS) is 1. The number of aromatic nitrogens is 2. The number of carbonyl (C=O) groups excluding carboxylic acids is 1. The van der Waals surface area contributed by atoms with E-state index in [4.69, 9.17) is 5.11 Å². The summed E-state index contributed by atoms with van der Waals surface area (Å²) in [5, 5.41) is 10.4. The average Bonchev–Trinajstić information content (AvgIpc) is 3.23. The third-order valence-corrected chi connectivity index (χ3v) is 6.63. The number of carboxylic acids is 1. The monoisotopic (exact) mass is 345 g/mol. The summed E-state index contributed by atoms with van der Waals surface area (Å²) in [4.78, 5) is 31.6. The van der Waals surface area contributed by atoms with E-state index in [9.17, 15) is 9.59 Å². The van der Waals surface area contributed by atoms with E-state index in [2.05, 4.69) is 9.38 Å². The molecule has 1 aliphatic carbocycles. The number of nitrogens with zero attached hydrogens (tertiary/aromatic N) is 3. The molecule has 1 atom stereocenters. The highest BCUT2D eigenvalue weighted by molar-refractivity contribution is 8.03. The van der Waals surface area contributed by atoms with Gasteiger partial charge in [0.1, 0.15) is 11.1 Å². The molecule has 1 N–H and O–H groups in total. The minimum atomic E-state index is -1.06. The minimum Gasteiger partial charge on any atom is -0.477 e. The van der Waals surface area contributed by atoms with E-state index in [0.717, 1.165) is 23.5 Å². The molecule has 2 aromatic heterocycles. The van der Waals surface area contributed by atoms with Crippen LogP contribution >= 0.6 is 23.1 Å². The van der Waals surface area contributed by atoms with Crippen LogP contribution in [0.25, 0.3) is 11.0 Å². The fourth-order valence-corrected chi connectivity index (χ4v) is 5.63. The maximum Gasteiger partial charge on any atom is 0.353 e. The zero-order valence-electron chi connectivity index (χ0n) is 11.9. The Kier molecular flexibility index (Phi) is 2.61. The van der Waals surface area contributed by atoms with Crippen LogP contribution < -0.4 is 0 Å². The first-order valence-electron chi connectivity index (χ1n) is 7.27. The van der Waals surface area contributed by atoms with Crippen molar-refractivity contribution in [1.29, 1.82) is 0 Å². The van der Waals surface area contributed by atoms with Gasteiger partial charge >= 0.3 is 5.97 Å². The summed E-state index contributed by atoms with van der Waals surface area (Å²) in [6.07, 6.45) is 7.18. The Bertz CT molecular complexity index is 953. The SMILES string of the molecule is O=C(O)C1=CS[C@@H]2C(=Cc3cn4c5c(sc4n3)CCC5)C(=O)N12. The van der Waals surface area contributed by atoms with E-state index in [1.54, 1.807) is 17.4 Å². The molecule has 0 aromatic carbocycles. The first-order valence-corrected chi connectivity index (χ1v) is 9.03. The summed E-state index contributed by atoms with van der Waals surface area (Å²) in [7, 11) is 0. The molecular formula is C15H11N3O3S2. The molecule has 23 heavy (non-hydrogen) atoms. The van der Waals surface area contributed by atoms with Gasteiger partial charge in [-0.15, -0.1) is 23.1 Å². The molecule has 3 aliphatic rings. The van der Waals surface area contributed by atoms with Crippen molar-refractivity contribution in [3.63, 3.8) is 0 Å². The predicted octanol–water partition coefficient (Wildman–Crippen LogP) is 2.11. The third-order valence-electron chi connectivity index (χ3n) is 4.39. The predicted molar refractivity (Wildman–Crippen MR) is 87.0 cm³/mol. The van der Waals surface area contributed by atoms with Crippen molar-refractivity contribution >= 4 is 46.0 Å². The molecule has 0 bridgehead atoms. The minimum absolute atomic E-state index is 0.0609. The number of imidazole rings is 1. The zero-order valence-corrected chi connectivity index (χ0v) is 13.5. The van der Waals surface area contributed by atoms with Crippen LogP contribution in [-0.4, -0.2) is 36.6 Å². The summed E-state index contributed by atoms with van der Waals surface area (Å²) in [5.74, 6) is -1.30. The van der Waals surface area contributed by atoms with Gasteiger partial charge in [0, 0.05) is 22.2 Å². The lowest BCUT2D eigenvalue weighted by Gasteiger charge is -2.36. The molecule has 1 amide bonds. The largest absolute Gasteiger partial charge is 0.477 e. The molecule has 116 valence electrons. The lowest BCUT2D eigenvalue weighted by Crippen LogP contribution is -2.51. The summed E-state index contributed by atoms with van der Waals surface area (Å²) in [5.41, 5.74) is 2.78. The average molecular weight is 345 g/mol. The molecule has 0 unspecified atom stereocenters. The van der Waals surface area contributed by atoms with Gasteiger partial charge in [0.05, 0.1) is 11.3 Å². The van der Waals surface area contributed by atoms with Gasteiger partial charge in [0.15, 0.2) is 4.96 Å². The van der Waals surface area contributed by atoms with Gasteiger partial charge in [-0.25, -0.2) is 9.78 Å². The number of hydrogen-bond acceptors (Lipinski definition) is 5. The fraction of sp³-hybridized carbons (Fsp3) is 0.267. The van der Waals surface area contributed by atoms with Gasteiger partial charge in [0.2, 0.25) is 0 Å². The number of β-lactam (4-membered cyclic amide) rings is 1. The first-order chi connectivity index (χ1) is 11.1. The highest BCUT2D eigenvalue weighted by Crippen LogP contribution is 2.45. The van der Waals surface area contributed by atoms with Crippen LogP contribution in [0.1, 0.15) is 22.7 Å². The molecule has 4 heterocycles. The Morgan fingerprint density at radius 3 is 3.13 bits per heavy atom. The van der Waals surface area contributed by atoms with Crippen LogP contribution in [0, 0.1) is 0 Å². The number of carbonyl (C=O) groups is 2. The number of hydrogen-bond donors (Lipinski definition) is 1. The number of aliphatic carboxylic acids is 1. The Labute approximate surface area is 139 Å². The Morgan fingerprint density at radius 1 is 1.43 bits per heavy atom. The quantitative estimate of drug-likeness (QED) is 0.666. The van der Waals surface area contributed by atoms with E-state index >= 15 is 0 Å². The maximum atomic E-state index is 12.2. The molecule has 5 rings (SSSR count). The molecule has 1 saturated heterocycles. The van der Waals surface area contributed by atoms with E-state index in [1.807, 2.05) is 6.20 Å². The summed E-state index contributed by atoms with van der Waals surface area (Å²) >= 11 is 3.07. The summed E-state index contributed by atoms with van der Waals surface area (Å²) in [6, 6.07) is 0. The normalized spacial score (nSPS) is 24.1. The molecule has 8 heteroatoms. The number of thioether (sulfide) groups is 1. The van der Waals surface area contributed by atoms with Crippen LogP contribution in [0.4, 0.5) is 0 Å². The molecule has 0 radical (unpaired) electrons. The van der Waals surface area contributed by atoms with Gasteiger partial charge in [0.25, 0.3) is 5.91 Å². The number of thiazole rings is 1. The molecule has 6 nitrogen and oxygen atoms in total. The van der Waals surface area contributed by atoms with Crippen LogP contribution in [0.3, 0.4) is 0 Å². The van der Waals surface area contributed by atoms with Crippen molar-refractivity contribution in [3.05, 3.63) is 39.1 Å². The topological polar surface area (TPSA) is 74.9 Å². The van der Waals surface area contributed by atoms with E-state index in [-0.39, 0.29) is 17.0 Å². The number of fused-ring (bicyclic) bond motifs is 4. The van der Waals surface area contributed by atoms with Crippen molar-refractivity contribution in [2.24, 2.45) is 0 Å².